The number of hydrogen-bond acceptors (Lipinski definition) is 7. The van der Waals surface area contributed by atoms with Crippen LogP contribution in [0.4, 0.5) is 5.69 Å². The minimum absolute atomic E-state index is 0.0126. The van der Waals surface area contributed by atoms with Crippen LogP contribution in [0, 0.1) is 10.1 Å². The van der Waals surface area contributed by atoms with E-state index >= 15 is 0 Å². The van der Waals surface area contributed by atoms with Gasteiger partial charge in [0.1, 0.15) is 6.54 Å². The molecule has 0 aromatic heterocycles. The highest BCUT2D eigenvalue weighted by Crippen LogP contribution is 2.27. The zero-order chi connectivity index (χ0) is 20.4. The highest BCUT2D eigenvalue weighted by molar-refractivity contribution is 5.96. The van der Waals surface area contributed by atoms with Crippen LogP contribution in [0.3, 0.4) is 0 Å². The molecule has 0 aliphatic heterocycles. The van der Waals surface area contributed by atoms with Crippen molar-refractivity contribution in [2.75, 3.05) is 20.3 Å². The first-order chi connectivity index (χ1) is 12.8. The van der Waals surface area contributed by atoms with Crippen LogP contribution >= 0.6 is 0 Å². The van der Waals surface area contributed by atoms with Gasteiger partial charge in [0.2, 0.25) is 0 Å². The van der Waals surface area contributed by atoms with E-state index in [-0.39, 0.29) is 23.0 Å². The molecule has 1 aromatic carbocycles. The van der Waals surface area contributed by atoms with Gasteiger partial charge in [0, 0.05) is 17.7 Å². The van der Waals surface area contributed by atoms with E-state index in [0.717, 1.165) is 18.9 Å². The number of nitrogens with one attached hydrogen (secondary N) is 2. The van der Waals surface area contributed by atoms with Gasteiger partial charge in [-0.25, -0.2) is 0 Å². The van der Waals surface area contributed by atoms with E-state index in [1.807, 2.05) is 13.8 Å². The summed E-state index contributed by atoms with van der Waals surface area (Å²) >= 11 is 0. The van der Waals surface area contributed by atoms with Crippen molar-refractivity contribution in [2.45, 2.75) is 32.7 Å². The van der Waals surface area contributed by atoms with Gasteiger partial charge in [-0.1, -0.05) is 13.3 Å². The molecule has 0 spiro atoms. The smallest absolute Gasteiger partial charge is 0.325 e. The standard InChI is InChI=1S/C17H23N3O7/c1-4-5-11(2)19-15(21)10-27-16(22)9-18-17(23)12-6-7-14(26-3)13(8-12)20(24)25/h6-8,11H,4-5,9-10H2,1-3H3,(H,18,23)(H,19,21)/t11-/m0/s1. The van der Waals surface area contributed by atoms with Gasteiger partial charge >= 0.3 is 11.7 Å². The number of benzene rings is 1. The lowest BCUT2D eigenvalue weighted by Gasteiger charge is -2.12. The molecule has 0 bridgehead atoms. The lowest BCUT2D eigenvalue weighted by atomic mass is 10.1. The molecule has 10 heteroatoms. The van der Waals surface area contributed by atoms with Crippen LogP contribution in [-0.4, -0.2) is 49.0 Å². The van der Waals surface area contributed by atoms with E-state index in [1.165, 1.54) is 19.2 Å². The fourth-order valence-electron chi connectivity index (χ4n) is 2.25. The number of methoxy groups -OCH3 is 1. The van der Waals surface area contributed by atoms with Gasteiger partial charge in [-0.2, -0.15) is 0 Å². The number of rotatable bonds is 10. The first-order valence-corrected chi connectivity index (χ1v) is 8.34. The van der Waals surface area contributed by atoms with Crippen molar-refractivity contribution in [1.29, 1.82) is 0 Å². The lowest BCUT2D eigenvalue weighted by molar-refractivity contribution is -0.385. The van der Waals surface area contributed by atoms with Crippen LogP contribution in [-0.2, 0) is 14.3 Å². The molecule has 0 fully saturated rings. The Kier molecular flexibility index (Phi) is 8.70. The second-order valence-corrected chi connectivity index (χ2v) is 5.74. The summed E-state index contributed by atoms with van der Waals surface area (Å²) in [5.74, 6) is -1.91. The molecule has 27 heavy (non-hydrogen) atoms. The fourth-order valence-corrected chi connectivity index (χ4v) is 2.25. The average Bonchev–Trinajstić information content (AvgIpc) is 2.63. The fraction of sp³-hybridized carbons (Fsp3) is 0.471. The van der Waals surface area contributed by atoms with Crippen LogP contribution in [0.5, 0.6) is 5.75 Å². The predicted molar refractivity (Wildman–Crippen MR) is 95.5 cm³/mol. The van der Waals surface area contributed by atoms with Gasteiger partial charge in [-0.05, 0) is 25.5 Å². The van der Waals surface area contributed by atoms with Crippen molar-refractivity contribution in [1.82, 2.24) is 10.6 Å². The van der Waals surface area contributed by atoms with Crippen molar-refractivity contribution in [3.05, 3.63) is 33.9 Å². The monoisotopic (exact) mass is 381 g/mol. The topological polar surface area (TPSA) is 137 Å². The normalized spacial score (nSPS) is 11.2. The van der Waals surface area contributed by atoms with E-state index in [9.17, 15) is 24.5 Å². The van der Waals surface area contributed by atoms with E-state index in [2.05, 4.69) is 10.6 Å². The molecule has 1 atom stereocenters. The summed E-state index contributed by atoms with van der Waals surface area (Å²) in [4.78, 5) is 45.5. The van der Waals surface area contributed by atoms with E-state index in [4.69, 9.17) is 9.47 Å². The summed E-state index contributed by atoms with van der Waals surface area (Å²) in [6, 6.07) is 3.64. The molecule has 148 valence electrons. The number of carbonyl (C=O) groups is 3. The Labute approximate surface area is 156 Å². The Bertz CT molecular complexity index is 706. The van der Waals surface area contributed by atoms with Crippen molar-refractivity contribution >= 4 is 23.5 Å². The van der Waals surface area contributed by atoms with E-state index in [0.29, 0.717) is 0 Å². The number of carbonyl (C=O) groups excluding carboxylic acids is 3. The molecule has 2 amide bonds. The van der Waals surface area contributed by atoms with Gasteiger partial charge in [-0.15, -0.1) is 0 Å². The quantitative estimate of drug-likeness (QED) is 0.353. The molecule has 0 radical (unpaired) electrons. The minimum Gasteiger partial charge on any atom is -0.490 e. The molecule has 0 saturated heterocycles. The first-order valence-electron chi connectivity index (χ1n) is 8.34. The Hall–Kier alpha value is -3.17. The largest absolute Gasteiger partial charge is 0.490 e. The van der Waals surface area contributed by atoms with Crippen LogP contribution in [0.25, 0.3) is 0 Å². The lowest BCUT2D eigenvalue weighted by Crippen LogP contribution is -2.37. The van der Waals surface area contributed by atoms with Gasteiger partial charge in [0.15, 0.2) is 12.4 Å². The molecular formula is C17H23N3O7. The van der Waals surface area contributed by atoms with E-state index in [1.54, 1.807) is 0 Å². The Morgan fingerprint density at radius 3 is 2.59 bits per heavy atom. The first kappa shape index (κ1) is 21.9. The molecule has 2 N–H and O–H groups in total. The molecule has 1 aromatic rings. The second-order valence-electron chi connectivity index (χ2n) is 5.74. The number of nitro groups is 1. The number of ether oxygens (including phenoxy) is 2. The second kappa shape index (κ2) is 10.7. The summed E-state index contributed by atoms with van der Waals surface area (Å²) in [7, 11) is 1.28. The average molecular weight is 381 g/mol. The minimum atomic E-state index is -0.801. The van der Waals surface area contributed by atoms with Gasteiger partial charge in [0.05, 0.1) is 12.0 Å². The van der Waals surface area contributed by atoms with Crippen molar-refractivity contribution in [2.24, 2.45) is 0 Å². The SMILES string of the molecule is CCC[C@H](C)NC(=O)COC(=O)CNC(=O)c1ccc(OC)c([N+](=O)[O-])c1. The van der Waals surface area contributed by atoms with Crippen LogP contribution in [0.1, 0.15) is 37.0 Å². The third-order valence-corrected chi connectivity index (χ3v) is 3.52. The maximum Gasteiger partial charge on any atom is 0.325 e. The third kappa shape index (κ3) is 7.30. The van der Waals surface area contributed by atoms with Gasteiger partial charge < -0.3 is 20.1 Å². The molecule has 0 saturated carbocycles. The summed E-state index contributed by atoms with van der Waals surface area (Å²) in [6.07, 6.45) is 1.72. The molecule has 0 unspecified atom stereocenters. The predicted octanol–water partition coefficient (Wildman–Crippen LogP) is 1.18. The van der Waals surface area contributed by atoms with Crippen LogP contribution in [0.15, 0.2) is 18.2 Å². The maximum absolute atomic E-state index is 12.0. The zero-order valence-electron chi connectivity index (χ0n) is 15.4. The van der Waals surface area contributed by atoms with Gasteiger partial charge in [-0.3, -0.25) is 24.5 Å². The van der Waals surface area contributed by atoms with Crippen molar-refractivity contribution in [3.8, 4) is 5.75 Å². The zero-order valence-corrected chi connectivity index (χ0v) is 15.4. The van der Waals surface area contributed by atoms with Crippen LogP contribution < -0.4 is 15.4 Å². The molecular weight excluding hydrogens is 358 g/mol. The Balaban J connectivity index is 2.50. The number of amides is 2. The summed E-state index contributed by atoms with van der Waals surface area (Å²) < 4.78 is 9.62. The number of nitro benzene ring substituents is 1. The Morgan fingerprint density at radius 2 is 2.00 bits per heavy atom. The highest BCUT2D eigenvalue weighted by atomic mass is 16.6. The summed E-state index contributed by atoms with van der Waals surface area (Å²) in [6.45, 7) is 2.91. The van der Waals surface area contributed by atoms with Crippen LogP contribution in [0.2, 0.25) is 0 Å². The number of hydrogen-bond donors (Lipinski definition) is 2. The van der Waals surface area contributed by atoms with Gasteiger partial charge in [0.25, 0.3) is 11.8 Å². The third-order valence-electron chi connectivity index (χ3n) is 3.52. The molecule has 1 rings (SSSR count). The number of nitrogens with zero attached hydrogens (tertiary/aromatic N) is 1. The van der Waals surface area contributed by atoms with Crippen molar-refractivity contribution in [3.63, 3.8) is 0 Å². The molecule has 0 heterocycles. The van der Waals surface area contributed by atoms with Crippen molar-refractivity contribution < 1.29 is 28.8 Å². The molecule has 10 nitrogen and oxygen atoms in total. The molecule has 0 aliphatic rings. The number of esters is 1. The maximum atomic E-state index is 12.0. The summed E-state index contributed by atoms with van der Waals surface area (Å²) in [5.41, 5.74) is -0.382. The molecule has 0 aliphatic carbocycles. The Morgan fingerprint density at radius 1 is 1.30 bits per heavy atom. The van der Waals surface area contributed by atoms with E-state index < -0.39 is 35.9 Å². The highest BCUT2D eigenvalue weighted by Gasteiger charge is 2.19. The summed E-state index contributed by atoms with van der Waals surface area (Å²) in [5, 5.41) is 15.9.